The van der Waals surface area contributed by atoms with E-state index in [1.165, 1.54) is 0 Å². The fourth-order valence-electron chi connectivity index (χ4n) is 1.62. The summed E-state index contributed by atoms with van der Waals surface area (Å²) in [7, 11) is 0. The van der Waals surface area contributed by atoms with E-state index in [0.29, 0.717) is 0 Å². The van der Waals surface area contributed by atoms with Gasteiger partial charge in [0.25, 0.3) is 0 Å². The lowest BCUT2D eigenvalue weighted by atomic mass is 9.95. The van der Waals surface area contributed by atoms with Crippen LogP contribution in [0.1, 0.15) is 47.0 Å². The van der Waals surface area contributed by atoms with Gasteiger partial charge in [-0.05, 0) is 46.6 Å². The van der Waals surface area contributed by atoms with Crippen LogP contribution in [0.5, 0.6) is 0 Å². The lowest BCUT2D eigenvalue weighted by Gasteiger charge is -2.31. The Hall–Kier alpha value is -0.570. The van der Waals surface area contributed by atoms with Crippen molar-refractivity contribution in [1.29, 1.82) is 0 Å². The third-order valence-corrected chi connectivity index (χ3v) is 3.21. The highest BCUT2D eigenvalue weighted by Crippen LogP contribution is 2.20. The molecule has 0 saturated carbocycles. The average molecular weight is 198 g/mol. The van der Waals surface area contributed by atoms with Crippen molar-refractivity contribution in [3.8, 4) is 0 Å². The van der Waals surface area contributed by atoms with Gasteiger partial charge in [-0.2, -0.15) is 0 Å². The molecule has 1 saturated heterocycles. The van der Waals surface area contributed by atoms with Gasteiger partial charge in [0, 0.05) is 5.54 Å². The van der Waals surface area contributed by atoms with E-state index in [4.69, 9.17) is 0 Å². The third kappa shape index (κ3) is 2.47. The molecule has 1 amide bonds. The van der Waals surface area contributed by atoms with Crippen molar-refractivity contribution >= 4 is 5.91 Å². The molecule has 0 spiro atoms. The first-order valence-corrected chi connectivity index (χ1v) is 5.47. The molecule has 0 aromatic heterocycles. The Morgan fingerprint density at radius 3 is 2.64 bits per heavy atom. The number of rotatable bonds is 3. The Kier molecular flexibility index (Phi) is 3.20. The van der Waals surface area contributed by atoms with Gasteiger partial charge >= 0.3 is 0 Å². The quantitative estimate of drug-likeness (QED) is 0.720. The average Bonchev–Trinajstić information content (AvgIpc) is 2.53. The highest BCUT2D eigenvalue weighted by molar-refractivity contribution is 5.86. The van der Waals surface area contributed by atoms with Crippen LogP contribution < -0.4 is 10.6 Å². The van der Waals surface area contributed by atoms with Crippen LogP contribution in [0.3, 0.4) is 0 Å². The topological polar surface area (TPSA) is 41.1 Å². The molecule has 3 heteroatoms. The maximum atomic E-state index is 12.0. The van der Waals surface area contributed by atoms with Gasteiger partial charge in [0.05, 0.1) is 5.54 Å². The summed E-state index contributed by atoms with van der Waals surface area (Å²) in [5.41, 5.74) is -0.434. The fraction of sp³-hybridized carbons (Fsp3) is 0.909. The highest BCUT2D eigenvalue weighted by Gasteiger charge is 2.37. The summed E-state index contributed by atoms with van der Waals surface area (Å²) in [6.07, 6.45) is 2.99. The number of carbonyl (C=O) groups excluding carboxylic acids is 1. The molecule has 1 rings (SSSR count). The second-order valence-corrected chi connectivity index (χ2v) is 5.05. The van der Waals surface area contributed by atoms with E-state index in [2.05, 4.69) is 31.4 Å². The van der Waals surface area contributed by atoms with Crippen LogP contribution in [0, 0.1) is 0 Å². The smallest absolute Gasteiger partial charge is 0.240 e. The lowest BCUT2D eigenvalue weighted by Crippen LogP contribution is -2.56. The van der Waals surface area contributed by atoms with Crippen LogP contribution >= 0.6 is 0 Å². The predicted molar refractivity (Wildman–Crippen MR) is 58.2 cm³/mol. The van der Waals surface area contributed by atoms with Gasteiger partial charge in [-0.1, -0.05) is 6.92 Å². The zero-order valence-electron chi connectivity index (χ0n) is 9.74. The van der Waals surface area contributed by atoms with Crippen molar-refractivity contribution < 1.29 is 4.79 Å². The Balaban J connectivity index is 2.57. The van der Waals surface area contributed by atoms with Gasteiger partial charge in [0.2, 0.25) is 5.91 Å². The van der Waals surface area contributed by atoms with Crippen molar-refractivity contribution in [3.63, 3.8) is 0 Å². The van der Waals surface area contributed by atoms with E-state index in [0.717, 1.165) is 25.8 Å². The minimum Gasteiger partial charge on any atom is -0.350 e. The Morgan fingerprint density at radius 1 is 1.57 bits per heavy atom. The van der Waals surface area contributed by atoms with Crippen molar-refractivity contribution in [2.45, 2.75) is 58.0 Å². The summed E-state index contributed by atoms with van der Waals surface area (Å²) in [5.74, 6) is 0.141. The van der Waals surface area contributed by atoms with E-state index in [1.54, 1.807) is 0 Å². The zero-order valence-corrected chi connectivity index (χ0v) is 9.74. The minimum absolute atomic E-state index is 0.0929. The van der Waals surface area contributed by atoms with Crippen molar-refractivity contribution in [2.75, 3.05) is 6.54 Å². The molecule has 0 bridgehead atoms. The molecule has 1 unspecified atom stereocenters. The first-order chi connectivity index (χ1) is 6.40. The van der Waals surface area contributed by atoms with Crippen LogP contribution in [-0.2, 0) is 4.79 Å². The molecule has 82 valence electrons. The van der Waals surface area contributed by atoms with Gasteiger partial charge in [-0.25, -0.2) is 0 Å². The van der Waals surface area contributed by atoms with Crippen LogP contribution in [0.4, 0.5) is 0 Å². The van der Waals surface area contributed by atoms with E-state index in [1.807, 2.05) is 6.92 Å². The van der Waals surface area contributed by atoms with Crippen LogP contribution in [0.15, 0.2) is 0 Å². The monoisotopic (exact) mass is 198 g/mol. The first kappa shape index (κ1) is 11.5. The number of nitrogens with one attached hydrogen (secondary N) is 2. The van der Waals surface area contributed by atoms with E-state index in [9.17, 15) is 4.79 Å². The number of amides is 1. The number of carbonyl (C=O) groups is 1. The number of hydrogen-bond donors (Lipinski definition) is 2. The Morgan fingerprint density at radius 2 is 2.21 bits per heavy atom. The second-order valence-electron chi connectivity index (χ2n) is 5.05. The molecule has 1 atom stereocenters. The first-order valence-electron chi connectivity index (χ1n) is 5.47. The molecule has 1 aliphatic heterocycles. The van der Waals surface area contributed by atoms with E-state index >= 15 is 0 Å². The molecule has 14 heavy (non-hydrogen) atoms. The van der Waals surface area contributed by atoms with Crippen molar-refractivity contribution in [1.82, 2.24) is 10.6 Å². The molecule has 3 nitrogen and oxygen atoms in total. The van der Waals surface area contributed by atoms with Gasteiger partial charge < -0.3 is 10.6 Å². The maximum Gasteiger partial charge on any atom is 0.240 e. The second kappa shape index (κ2) is 3.89. The van der Waals surface area contributed by atoms with Crippen LogP contribution in [0.2, 0.25) is 0 Å². The zero-order chi connectivity index (χ0) is 10.8. The normalized spacial score (nSPS) is 27.7. The largest absolute Gasteiger partial charge is 0.350 e. The fourth-order valence-corrected chi connectivity index (χ4v) is 1.62. The minimum atomic E-state index is -0.341. The van der Waals surface area contributed by atoms with Gasteiger partial charge in [-0.3, -0.25) is 4.79 Å². The molecular weight excluding hydrogens is 176 g/mol. The van der Waals surface area contributed by atoms with Crippen molar-refractivity contribution in [3.05, 3.63) is 0 Å². The molecule has 1 aliphatic rings. The summed E-state index contributed by atoms with van der Waals surface area (Å²) in [6, 6.07) is 0. The van der Waals surface area contributed by atoms with Gasteiger partial charge in [0.1, 0.15) is 0 Å². The molecule has 0 aliphatic carbocycles. The molecular formula is C11H22N2O. The van der Waals surface area contributed by atoms with E-state index < -0.39 is 0 Å². The van der Waals surface area contributed by atoms with Crippen LogP contribution in [-0.4, -0.2) is 23.5 Å². The summed E-state index contributed by atoms with van der Waals surface area (Å²) in [6.45, 7) is 9.15. The summed E-state index contributed by atoms with van der Waals surface area (Å²) < 4.78 is 0. The lowest BCUT2D eigenvalue weighted by molar-refractivity contribution is -0.128. The van der Waals surface area contributed by atoms with Crippen LogP contribution in [0.25, 0.3) is 0 Å². The molecule has 1 heterocycles. The molecule has 0 aromatic carbocycles. The SMILES string of the molecule is CCC(C)(C)NC(=O)C1(C)CCCN1. The standard InChI is InChI=1S/C11H22N2O/c1-5-10(2,3)13-9(14)11(4)7-6-8-12-11/h12H,5-8H2,1-4H3,(H,13,14). The predicted octanol–water partition coefficient (Wildman–Crippen LogP) is 1.43. The third-order valence-electron chi connectivity index (χ3n) is 3.21. The Bertz CT molecular complexity index is 217. The van der Waals surface area contributed by atoms with Gasteiger partial charge in [-0.15, -0.1) is 0 Å². The highest BCUT2D eigenvalue weighted by atomic mass is 16.2. The summed E-state index contributed by atoms with van der Waals surface area (Å²) >= 11 is 0. The molecule has 0 radical (unpaired) electrons. The summed E-state index contributed by atoms with van der Waals surface area (Å²) in [4.78, 5) is 12.0. The molecule has 1 fully saturated rings. The number of hydrogen-bond acceptors (Lipinski definition) is 2. The van der Waals surface area contributed by atoms with Crippen molar-refractivity contribution in [2.24, 2.45) is 0 Å². The van der Waals surface area contributed by atoms with Gasteiger partial charge in [0.15, 0.2) is 0 Å². The maximum absolute atomic E-state index is 12.0. The summed E-state index contributed by atoms with van der Waals surface area (Å²) in [5, 5.41) is 6.35. The van der Waals surface area contributed by atoms with E-state index in [-0.39, 0.29) is 17.0 Å². The molecule has 2 N–H and O–H groups in total. The molecule has 0 aromatic rings. The Labute approximate surface area is 86.6 Å².